The van der Waals surface area contributed by atoms with Gasteiger partial charge in [0.15, 0.2) is 18.1 Å². The molecule has 0 aliphatic heterocycles. The molecule has 0 saturated carbocycles. The second kappa shape index (κ2) is 8.43. The van der Waals surface area contributed by atoms with Crippen LogP contribution in [0.4, 0.5) is 0 Å². The third kappa shape index (κ3) is 5.09. The lowest BCUT2D eigenvalue weighted by Gasteiger charge is -2.14. The van der Waals surface area contributed by atoms with E-state index in [1.54, 1.807) is 7.05 Å². The van der Waals surface area contributed by atoms with Crippen molar-refractivity contribution in [3.63, 3.8) is 0 Å². The molecule has 0 aromatic heterocycles. The quantitative estimate of drug-likeness (QED) is 0.756. The minimum Gasteiger partial charge on any atom is -0.490 e. The molecule has 20 heavy (non-hydrogen) atoms. The zero-order valence-corrected chi connectivity index (χ0v) is 12.4. The van der Waals surface area contributed by atoms with Crippen molar-refractivity contribution in [1.82, 2.24) is 5.32 Å². The summed E-state index contributed by atoms with van der Waals surface area (Å²) in [5.74, 6) is 1.05. The number of carbonyl (C=O) groups excluding carboxylic acids is 1. The average Bonchev–Trinajstić information content (AvgIpc) is 2.46. The van der Waals surface area contributed by atoms with Crippen molar-refractivity contribution in [3.05, 3.63) is 23.8 Å². The standard InChI is InChI=1S/C15H24N2O3/c1-4-12(16)8-11-6-7-13(14(9-11)19-5-2)20-10-15(18)17-3/h6-7,9,12H,4-5,8,10,16H2,1-3H3,(H,17,18). The summed E-state index contributed by atoms with van der Waals surface area (Å²) in [5.41, 5.74) is 7.07. The van der Waals surface area contributed by atoms with Gasteiger partial charge in [0.05, 0.1) is 6.61 Å². The van der Waals surface area contributed by atoms with Crippen molar-refractivity contribution < 1.29 is 14.3 Å². The Morgan fingerprint density at radius 3 is 2.65 bits per heavy atom. The number of likely N-dealkylation sites (N-methyl/N-ethyl adjacent to an activating group) is 1. The second-order valence-electron chi connectivity index (χ2n) is 4.55. The molecule has 0 bridgehead atoms. The van der Waals surface area contributed by atoms with Gasteiger partial charge in [0.25, 0.3) is 5.91 Å². The predicted molar refractivity (Wildman–Crippen MR) is 79.1 cm³/mol. The van der Waals surface area contributed by atoms with Crippen LogP contribution in [0.15, 0.2) is 18.2 Å². The number of nitrogens with two attached hydrogens (primary N) is 1. The number of hydrogen-bond donors (Lipinski definition) is 2. The van der Waals surface area contributed by atoms with E-state index in [4.69, 9.17) is 15.2 Å². The summed E-state index contributed by atoms with van der Waals surface area (Å²) >= 11 is 0. The van der Waals surface area contributed by atoms with E-state index in [9.17, 15) is 4.79 Å². The lowest BCUT2D eigenvalue weighted by atomic mass is 10.0. The number of hydrogen-bond acceptors (Lipinski definition) is 4. The van der Waals surface area contributed by atoms with E-state index in [-0.39, 0.29) is 18.6 Å². The topological polar surface area (TPSA) is 73.6 Å². The van der Waals surface area contributed by atoms with Gasteiger partial charge in [-0.15, -0.1) is 0 Å². The van der Waals surface area contributed by atoms with Gasteiger partial charge in [-0.05, 0) is 37.5 Å². The Kier molecular flexibility index (Phi) is 6.87. The summed E-state index contributed by atoms with van der Waals surface area (Å²) in [6.07, 6.45) is 1.73. The number of ether oxygens (including phenoxy) is 2. The molecule has 5 nitrogen and oxygen atoms in total. The molecule has 0 spiro atoms. The van der Waals surface area contributed by atoms with Gasteiger partial charge in [0.2, 0.25) is 0 Å². The molecule has 1 atom stereocenters. The highest BCUT2D eigenvalue weighted by atomic mass is 16.5. The number of rotatable bonds is 8. The van der Waals surface area contributed by atoms with E-state index in [1.165, 1.54) is 0 Å². The molecule has 0 radical (unpaired) electrons. The fourth-order valence-electron chi connectivity index (χ4n) is 1.73. The fourth-order valence-corrected chi connectivity index (χ4v) is 1.73. The molecule has 0 saturated heterocycles. The van der Waals surface area contributed by atoms with Gasteiger partial charge in [-0.2, -0.15) is 0 Å². The predicted octanol–water partition coefficient (Wildman–Crippen LogP) is 1.49. The Bertz CT molecular complexity index is 435. The van der Waals surface area contributed by atoms with E-state index in [0.29, 0.717) is 18.1 Å². The zero-order valence-electron chi connectivity index (χ0n) is 12.4. The highest BCUT2D eigenvalue weighted by Gasteiger charge is 2.10. The van der Waals surface area contributed by atoms with Crippen molar-refractivity contribution >= 4 is 5.91 Å². The average molecular weight is 280 g/mol. The van der Waals surface area contributed by atoms with Crippen LogP contribution in [0.3, 0.4) is 0 Å². The highest BCUT2D eigenvalue weighted by molar-refractivity contribution is 5.77. The molecule has 0 fully saturated rings. The minimum absolute atomic E-state index is 0.0234. The summed E-state index contributed by atoms with van der Waals surface area (Å²) in [5, 5.41) is 2.51. The Balaban J connectivity index is 2.81. The molecule has 3 N–H and O–H groups in total. The van der Waals surface area contributed by atoms with Gasteiger partial charge in [0.1, 0.15) is 0 Å². The monoisotopic (exact) mass is 280 g/mol. The molecule has 0 aliphatic carbocycles. The van der Waals surface area contributed by atoms with Crippen molar-refractivity contribution in [1.29, 1.82) is 0 Å². The van der Waals surface area contributed by atoms with Gasteiger partial charge >= 0.3 is 0 Å². The molecule has 112 valence electrons. The summed E-state index contributed by atoms with van der Waals surface area (Å²) in [7, 11) is 1.57. The van der Waals surface area contributed by atoms with Gasteiger partial charge in [-0.1, -0.05) is 13.0 Å². The van der Waals surface area contributed by atoms with E-state index in [1.807, 2.05) is 25.1 Å². The first-order valence-electron chi connectivity index (χ1n) is 6.95. The Morgan fingerprint density at radius 2 is 2.05 bits per heavy atom. The Morgan fingerprint density at radius 1 is 1.30 bits per heavy atom. The maximum absolute atomic E-state index is 11.2. The number of benzene rings is 1. The second-order valence-corrected chi connectivity index (χ2v) is 4.55. The van der Waals surface area contributed by atoms with Crippen molar-refractivity contribution in [2.45, 2.75) is 32.7 Å². The normalized spacial score (nSPS) is 11.8. The van der Waals surface area contributed by atoms with Gasteiger partial charge in [0, 0.05) is 13.1 Å². The van der Waals surface area contributed by atoms with Crippen LogP contribution in [0, 0.1) is 0 Å². The summed E-state index contributed by atoms with van der Waals surface area (Å²) in [6, 6.07) is 5.85. The third-order valence-corrected chi connectivity index (χ3v) is 2.97. The molecule has 0 aliphatic rings. The smallest absolute Gasteiger partial charge is 0.257 e. The van der Waals surface area contributed by atoms with Crippen LogP contribution in [0.1, 0.15) is 25.8 Å². The van der Waals surface area contributed by atoms with Crippen molar-refractivity contribution in [3.8, 4) is 11.5 Å². The molecule has 1 rings (SSSR count). The first-order chi connectivity index (χ1) is 9.60. The molecule has 0 heterocycles. The van der Waals surface area contributed by atoms with E-state index >= 15 is 0 Å². The van der Waals surface area contributed by atoms with E-state index in [2.05, 4.69) is 12.2 Å². The van der Waals surface area contributed by atoms with Crippen LogP contribution in [0.2, 0.25) is 0 Å². The van der Waals surface area contributed by atoms with Crippen molar-refractivity contribution in [2.75, 3.05) is 20.3 Å². The van der Waals surface area contributed by atoms with Crippen LogP contribution < -0.4 is 20.5 Å². The Labute approximate surface area is 120 Å². The largest absolute Gasteiger partial charge is 0.490 e. The number of carbonyl (C=O) groups is 1. The van der Waals surface area contributed by atoms with Crippen LogP contribution in [-0.2, 0) is 11.2 Å². The van der Waals surface area contributed by atoms with Crippen LogP contribution in [0.25, 0.3) is 0 Å². The lowest BCUT2D eigenvalue weighted by Crippen LogP contribution is -2.25. The maximum atomic E-state index is 11.2. The minimum atomic E-state index is -0.176. The molecule has 5 heteroatoms. The van der Waals surface area contributed by atoms with Crippen LogP contribution in [-0.4, -0.2) is 32.2 Å². The SMILES string of the molecule is CCOc1cc(CC(N)CC)ccc1OCC(=O)NC. The summed E-state index contributed by atoms with van der Waals surface area (Å²) < 4.78 is 11.0. The highest BCUT2D eigenvalue weighted by Crippen LogP contribution is 2.29. The van der Waals surface area contributed by atoms with E-state index in [0.717, 1.165) is 18.4 Å². The Hall–Kier alpha value is -1.75. The first-order valence-corrected chi connectivity index (χ1v) is 6.95. The van der Waals surface area contributed by atoms with Crippen molar-refractivity contribution in [2.24, 2.45) is 5.73 Å². The molecule has 1 amide bonds. The number of nitrogens with one attached hydrogen (secondary N) is 1. The molecule has 1 aromatic rings. The van der Waals surface area contributed by atoms with Gasteiger partial charge in [-0.25, -0.2) is 0 Å². The molecule has 1 unspecified atom stereocenters. The fraction of sp³-hybridized carbons (Fsp3) is 0.533. The summed E-state index contributed by atoms with van der Waals surface area (Å²) in [4.78, 5) is 11.2. The number of amides is 1. The van der Waals surface area contributed by atoms with Crippen LogP contribution in [0.5, 0.6) is 11.5 Å². The third-order valence-electron chi connectivity index (χ3n) is 2.97. The first kappa shape index (κ1) is 16.3. The van der Waals surface area contributed by atoms with Gasteiger partial charge in [-0.3, -0.25) is 4.79 Å². The summed E-state index contributed by atoms with van der Waals surface area (Å²) in [6.45, 7) is 4.49. The zero-order chi connectivity index (χ0) is 15.0. The molecular formula is C15H24N2O3. The van der Waals surface area contributed by atoms with Gasteiger partial charge < -0.3 is 20.5 Å². The molecule has 1 aromatic carbocycles. The van der Waals surface area contributed by atoms with Crippen LogP contribution >= 0.6 is 0 Å². The maximum Gasteiger partial charge on any atom is 0.257 e. The lowest BCUT2D eigenvalue weighted by molar-refractivity contribution is -0.122. The van der Waals surface area contributed by atoms with E-state index < -0.39 is 0 Å². The molecular weight excluding hydrogens is 256 g/mol.